The van der Waals surface area contributed by atoms with Crippen LogP contribution in [0.25, 0.3) is 16.6 Å². The van der Waals surface area contributed by atoms with Gasteiger partial charge in [-0.05, 0) is 66.8 Å². The van der Waals surface area contributed by atoms with Crippen LogP contribution in [0.4, 0.5) is 4.39 Å². The molecule has 0 amide bonds. The van der Waals surface area contributed by atoms with Crippen molar-refractivity contribution >= 4 is 16.6 Å². The van der Waals surface area contributed by atoms with Crippen LogP contribution in [0, 0.1) is 17.1 Å². The molecule has 4 aromatic rings. The topological polar surface area (TPSA) is 50.8 Å². The molecule has 0 radical (unpaired) electrons. The Hall–Kier alpha value is -3.91. The van der Waals surface area contributed by atoms with E-state index in [4.69, 9.17) is 9.72 Å². The van der Waals surface area contributed by atoms with Gasteiger partial charge in [0.2, 0.25) is 0 Å². The molecule has 174 valence electrons. The molecule has 0 bridgehead atoms. The Kier molecular flexibility index (Phi) is 5.37. The van der Waals surface area contributed by atoms with E-state index in [1.807, 2.05) is 6.07 Å². The lowest BCUT2D eigenvalue weighted by molar-refractivity contribution is 0.305. The van der Waals surface area contributed by atoms with E-state index in [0.29, 0.717) is 23.8 Å². The monoisotopic (exact) mass is 463 g/mol. The number of ether oxygens (including phenoxy) is 1. The maximum absolute atomic E-state index is 14.0. The van der Waals surface area contributed by atoms with Crippen molar-refractivity contribution in [1.82, 2.24) is 9.55 Å². The van der Waals surface area contributed by atoms with Gasteiger partial charge in [-0.25, -0.2) is 9.37 Å². The van der Waals surface area contributed by atoms with Crippen LogP contribution in [0.15, 0.2) is 66.2 Å². The second kappa shape index (κ2) is 8.70. The van der Waals surface area contributed by atoms with Gasteiger partial charge in [0, 0.05) is 35.2 Å². The predicted octanol–water partition coefficient (Wildman–Crippen LogP) is 7.12. The number of benzene rings is 3. The van der Waals surface area contributed by atoms with E-state index in [9.17, 15) is 9.65 Å². The minimum absolute atomic E-state index is 0.321. The van der Waals surface area contributed by atoms with Gasteiger partial charge in [0.25, 0.3) is 0 Å². The Morgan fingerprint density at radius 1 is 1.09 bits per heavy atom. The van der Waals surface area contributed by atoms with Crippen LogP contribution in [-0.2, 0) is 13.2 Å². The van der Waals surface area contributed by atoms with E-state index in [0.717, 1.165) is 45.4 Å². The highest BCUT2D eigenvalue weighted by atomic mass is 19.1. The zero-order chi connectivity index (χ0) is 23.9. The summed E-state index contributed by atoms with van der Waals surface area (Å²) in [6, 6.07) is 21.5. The SMILES string of the molecule is CC(C#N)=C1c2ccc(Cn3c(C4CCCC4)nc4ccccc43)cc2COc2cc(F)ccc21. The highest BCUT2D eigenvalue weighted by molar-refractivity contribution is 5.88. The number of fused-ring (bicyclic) bond motifs is 3. The molecule has 3 aromatic carbocycles. The summed E-state index contributed by atoms with van der Waals surface area (Å²) in [5.41, 5.74) is 7.45. The van der Waals surface area contributed by atoms with Crippen LogP contribution in [0.5, 0.6) is 5.75 Å². The normalized spacial score (nSPS) is 16.8. The molecule has 1 fully saturated rings. The molecule has 1 aromatic heterocycles. The Balaban J connectivity index is 1.44. The number of rotatable bonds is 3. The van der Waals surface area contributed by atoms with Crippen LogP contribution in [0.1, 0.15) is 66.6 Å². The lowest BCUT2D eigenvalue weighted by Crippen LogP contribution is -2.09. The number of para-hydroxylation sites is 2. The number of allylic oxidation sites excluding steroid dienone is 1. The van der Waals surface area contributed by atoms with Crippen LogP contribution in [0.3, 0.4) is 0 Å². The van der Waals surface area contributed by atoms with Crippen molar-refractivity contribution in [1.29, 1.82) is 5.26 Å². The number of hydrogen-bond donors (Lipinski definition) is 0. The molecule has 0 spiro atoms. The van der Waals surface area contributed by atoms with Crippen molar-refractivity contribution in [3.63, 3.8) is 0 Å². The minimum Gasteiger partial charge on any atom is -0.488 e. The summed E-state index contributed by atoms with van der Waals surface area (Å²) < 4.78 is 22.4. The lowest BCUT2D eigenvalue weighted by Gasteiger charge is -2.16. The summed E-state index contributed by atoms with van der Waals surface area (Å²) in [6.45, 7) is 2.84. The molecule has 5 heteroatoms. The van der Waals surface area contributed by atoms with Crippen LogP contribution in [0.2, 0.25) is 0 Å². The molecule has 1 aliphatic heterocycles. The number of nitrogens with zero attached hydrogens (tertiary/aromatic N) is 3. The first-order chi connectivity index (χ1) is 17.1. The molecule has 2 aliphatic rings. The van der Waals surface area contributed by atoms with E-state index in [1.54, 1.807) is 13.0 Å². The third-order valence-electron chi connectivity index (χ3n) is 7.32. The number of nitriles is 1. The molecule has 1 saturated carbocycles. The molecular formula is C30H26FN3O. The van der Waals surface area contributed by atoms with E-state index in [2.05, 4.69) is 47.0 Å². The van der Waals surface area contributed by atoms with Crippen LogP contribution >= 0.6 is 0 Å². The lowest BCUT2D eigenvalue weighted by atomic mass is 9.90. The molecule has 0 N–H and O–H groups in total. The third-order valence-corrected chi connectivity index (χ3v) is 7.32. The molecular weight excluding hydrogens is 437 g/mol. The zero-order valence-corrected chi connectivity index (χ0v) is 19.7. The van der Waals surface area contributed by atoms with Crippen molar-refractivity contribution in [3.05, 3.63) is 100 Å². The number of aromatic nitrogens is 2. The van der Waals surface area contributed by atoms with Gasteiger partial charge in [0.1, 0.15) is 24.0 Å². The summed E-state index contributed by atoms with van der Waals surface area (Å²) in [4.78, 5) is 5.03. The molecule has 1 aliphatic carbocycles. The summed E-state index contributed by atoms with van der Waals surface area (Å²) in [5.74, 6) is 1.80. The van der Waals surface area contributed by atoms with Gasteiger partial charge in [-0.3, -0.25) is 0 Å². The van der Waals surface area contributed by atoms with Crippen molar-refractivity contribution in [2.45, 2.75) is 51.7 Å². The standard InChI is InChI=1S/C30H26FN3O/c1-19(16-32)29-24-12-10-20(14-22(24)18-35-28-15-23(31)11-13-25(28)29)17-34-27-9-5-4-8-26(27)33-30(34)21-6-2-3-7-21/h4-5,8-15,21H,2-3,6-7,17-18H2,1H3. The van der Waals surface area contributed by atoms with Crippen molar-refractivity contribution < 1.29 is 9.13 Å². The average Bonchev–Trinajstić information content (AvgIpc) is 3.49. The molecule has 35 heavy (non-hydrogen) atoms. The minimum atomic E-state index is -0.351. The first kappa shape index (κ1) is 21.6. The number of hydrogen-bond acceptors (Lipinski definition) is 3. The molecule has 2 heterocycles. The van der Waals surface area contributed by atoms with Crippen molar-refractivity contribution in [3.8, 4) is 11.8 Å². The Morgan fingerprint density at radius 2 is 1.89 bits per heavy atom. The summed E-state index contributed by atoms with van der Waals surface area (Å²) in [7, 11) is 0. The van der Waals surface area contributed by atoms with Gasteiger partial charge in [-0.2, -0.15) is 5.26 Å². The molecule has 6 rings (SSSR count). The fraction of sp³-hybridized carbons (Fsp3) is 0.267. The Labute approximate surface area is 204 Å². The average molecular weight is 464 g/mol. The highest BCUT2D eigenvalue weighted by Crippen LogP contribution is 2.40. The second-order valence-corrected chi connectivity index (χ2v) is 9.56. The largest absolute Gasteiger partial charge is 0.488 e. The Bertz CT molecular complexity index is 1520. The summed E-state index contributed by atoms with van der Waals surface area (Å²) in [6.07, 6.45) is 4.91. The first-order valence-corrected chi connectivity index (χ1v) is 12.2. The van der Waals surface area contributed by atoms with Crippen LogP contribution < -0.4 is 4.74 Å². The quantitative estimate of drug-likeness (QED) is 0.304. The molecule has 0 saturated heterocycles. The van der Waals surface area contributed by atoms with E-state index < -0.39 is 0 Å². The fourth-order valence-electron chi connectivity index (χ4n) is 5.63. The van der Waals surface area contributed by atoms with Gasteiger partial charge in [-0.1, -0.05) is 37.1 Å². The smallest absolute Gasteiger partial charge is 0.130 e. The zero-order valence-electron chi connectivity index (χ0n) is 19.7. The van der Waals surface area contributed by atoms with Gasteiger partial charge >= 0.3 is 0 Å². The highest BCUT2D eigenvalue weighted by Gasteiger charge is 2.25. The second-order valence-electron chi connectivity index (χ2n) is 9.56. The van der Waals surface area contributed by atoms with Gasteiger partial charge in [0.05, 0.1) is 17.1 Å². The fourth-order valence-corrected chi connectivity index (χ4v) is 5.63. The first-order valence-electron chi connectivity index (χ1n) is 12.2. The van der Waals surface area contributed by atoms with Crippen molar-refractivity contribution in [2.24, 2.45) is 0 Å². The van der Waals surface area contributed by atoms with Gasteiger partial charge < -0.3 is 9.30 Å². The summed E-state index contributed by atoms with van der Waals surface area (Å²) in [5, 5.41) is 9.71. The van der Waals surface area contributed by atoms with Crippen molar-refractivity contribution in [2.75, 3.05) is 0 Å². The number of halogens is 1. The van der Waals surface area contributed by atoms with E-state index in [-0.39, 0.29) is 5.82 Å². The molecule has 0 unspecified atom stereocenters. The summed E-state index contributed by atoms with van der Waals surface area (Å²) >= 11 is 0. The number of imidazole rings is 1. The van der Waals surface area contributed by atoms with E-state index >= 15 is 0 Å². The molecule has 0 atom stereocenters. The maximum atomic E-state index is 14.0. The molecule has 4 nitrogen and oxygen atoms in total. The van der Waals surface area contributed by atoms with E-state index in [1.165, 1.54) is 43.6 Å². The predicted molar refractivity (Wildman–Crippen MR) is 135 cm³/mol. The Morgan fingerprint density at radius 3 is 2.71 bits per heavy atom. The third kappa shape index (κ3) is 3.80. The maximum Gasteiger partial charge on any atom is 0.130 e. The van der Waals surface area contributed by atoms with Crippen LogP contribution in [-0.4, -0.2) is 9.55 Å². The van der Waals surface area contributed by atoms with Gasteiger partial charge in [-0.15, -0.1) is 0 Å². The van der Waals surface area contributed by atoms with Gasteiger partial charge in [0.15, 0.2) is 0 Å².